The van der Waals surface area contributed by atoms with Crippen molar-refractivity contribution in [3.05, 3.63) is 200 Å². The predicted octanol–water partition coefficient (Wildman–Crippen LogP) is 12.5. The van der Waals surface area contributed by atoms with Gasteiger partial charge in [-0.3, -0.25) is 13.7 Å². The van der Waals surface area contributed by atoms with Gasteiger partial charge in [-0.1, -0.05) is 141 Å². The van der Waals surface area contributed by atoms with Crippen molar-refractivity contribution in [2.75, 3.05) is 0 Å². The first-order valence-corrected chi connectivity index (χ1v) is 18.3. The fourth-order valence-corrected chi connectivity index (χ4v) is 7.21. The van der Waals surface area contributed by atoms with Gasteiger partial charge in [0.1, 0.15) is 17.3 Å². The Morgan fingerprint density at radius 1 is 0.684 bits per heavy atom. The highest BCUT2D eigenvalue weighted by Gasteiger charge is 2.20. The van der Waals surface area contributed by atoms with Gasteiger partial charge in [0.15, 0.2) is 0 Å². The summed E-state index contributed by atoms with van der Waals surface area (Å²) in [6.07, 6.45) is 0.808. The average molecular weight is 752 g/mol. The standard InChI is InChI=1S/C52H40N4O/c1-36(2)31-37-29-30-53-51(32-37)56-47-24-10-9-21-45(47)46-28-27-42(34-50(46)56)57-41-20-13-19-40(33-41)54-35-55(49-26-12-11-25-48(49)54)52-43(38-15-5-3-6-16-38)22-14-23-44(52)39-17-7-4-8-18-39/h3-30,32-34,36H,31H2,1-2H3/i3D,4D,5D,6D,7D,8D,15D,16D,17D,18D,29D,30D,31D2,32D. The van der Waals surface area contributed by atoms with Gasteiger partial charge in [0.25, 0.3) is 6.33 Å². The summed E-state index contributed by atoms with van der Waals surface area (Å²) in [6, 6.07) is 25.5. The Morgan fingerprint density at radius 2 is 1.35 bits per heavy atom. The van der Waals surface area contributed by atoms with Crippen molar-refractivity contribution in [1.82, 2.24) is 14.1 Å². The molecule has 7 aromatic carbocycles. The molecule has 274 valence electrons. The maximum absolute atomic E-state index is 9.27. The number of imidazole rings is 1. The fourth-order valence-electron chi connectivity index (χ4n) is 7.21. The number of benzene rings is 7. The Hall–Kier alpha value is -7.24. The van der Waals surface area contributed by atoms with Crippen LogP contribution in [0.4, 0.5) is 0 Å². The molecule has 0 spiro atoms. The molecule has 10 aromatic rings. The van der Waals surface area contributed by atoms with Gasteiger partial charge < -0.3 is 4.74 Å². The zero-order valence-corrected chi connectivity index (χ0v) is 30.7. The van der Waals surface area contributed by atoms with E-state index >= 15 is 0 Å². The van der Waals surface area contributed by atoms with Crippen molar-refractivity contribution in [1.29, 1.82) is 0 Å². The van der Waals surface area contributed by atoms with E-state index in [1.165, 1.54) is 0 Å². The van der Waals surface area contributed by atoms with E-state index in [1.54, 1.807) is 88.2 Å². The second-order valence-corrected chi connectivity index (χ2v) is 13.6. The van der Waals surface area contributed by atoms with Crippen LogP contribution in [0.5, 0.6) is 11.5 Å². The van der Waals surface area contributed by atoms with E-state index in [0.717, 1.165) is 10.8 Å². The topological polar surface area (TPSA) is 35.9 Å². The van der Waals surface area contributed by atoms with Crippen LogP contribution < -0.4 is 9.30 Å². The lowest BCUT2D eigenvalue weighted by Crippen LogP contribution is -2.31. The maximum atomic E-state index is 9.27. The second kappa shape index (κ2) is 14.4. The third-order valence-electron chi connectivity index (χ3n) is 9.54. The smallest absolute Gasteiger partial charge is 0.269 e. The monoisotopic (exact) mass is 751 g/mol. The molecule has 0 fully saturated rings. The zero-order chi connectivity index (χ0) is 51.4. The summed E-state index contributed by atoms with van der Waals surface area (Å²) < 4.78 is 143. The molecular weight excluding hydrogens is 697 g/mol. The van der Waals surface area contributed by atoms with Gasteiger partial charge in [0.2, 0.25) is 0 Å². The lowest BCUT2D eigenvalue weighted by atomic mass is 9.95. The van der Waals surface area contributed by atoms with Crippen LogP contribution in [-0.2, 0) is 6.37 Å². The number of pyridine rings is 1. The van der Waals surface area contributed by atoms with Gasteiger partial charge in [-0.2, -0.15) is 0 Å². The molecule has 3 aromatic heterocycles. The predicted molar refractivity (Wildman–Crippen MR) is 232 cm³/mol. The van der Waals surface area contributed by atoms with E-state index in [9.17, 15) is 1.37 Å². The highest BCUT2D eigenvalue weighted by molar-refractivity contribution is 6.09. The van der Waals surface area contributed by atoms with Crippen molar-refractivity contribution < 1.29 is 29.9 Å². The van der Waals surface area contributed by atoms with E-state index in [2.05, 4.69) is 11.3 Å². The molecule has 0 amide bonds. The summed E-state index contributed by atoms with van der Waals surface area (Å²) in [7, 11) is 0. The molecule has 0 aliphatic carbocycles. The summed E-state index contributed by atoms with van der Waals surface area (Å²) in [6.45, 7) is 3.32. The van der Waals surface area contributed by atoms with Crippen LogP contribution in [0.2, 0.25) is 0 Å². The van der Waals surface area contributed by atoms with E-state index in [-0.39, 0.29) is 45.4 Å². The molecule has 0 bridgehead atoms. The molecule has 0 aliphatic heterocycles. The third kappa shape index (κ3) is 6.33. The fraction of sp³-hybridized carbons (Fsp3) is 0.0769. The van der Waals surface area contributed by atoms with Gasteiger partial charge in [-0.05, 0) is 88.6 Å². The van der Waals surface area contributed by atoms with Crippen molar-refractivity contribution in [3.63, 3.8) is 0 Å². The highest BCUT2D eigenvalue weighted by Crippen LogP contribution is 2.37. The van der Waals surface area contributed by atoms with Crippen LogP contribution in [0, 0.1) is 12.2 Å². The van der Waals surface area contributed by atoms with E-state index in [1.807, 2.05) is 48.5 Å². The normalized spacial score (nSPS) is 15.5. The summed E-state index contributed by atoms with van der Waals surface area (Å²) in [5.74, 6) is 0.143. The number of para-hydroxylation sites is 4. The minimum Gasteiger partial charge on any atom is -0.458 e. The molecule has 0 radical (unpaired) electrons. The quantitative estimate of drug-likeness (QED) is 0.109. The van der Waals surface area contributed by atoms with Gasteiger partial charge in [0.05, 0.1) is 51.3 Å². The number of hydrogen-bond donors (Lipinski definition) is 0. The number of fused-ring (bicyclic) bond motifs is 4. The molecule has 0 saturated carbocycles. The average Bonchev–Trinajstić information content (AvgIpc) is 3.91. The van der Waals surface area contributed by atoms with E-state index < -0.39 is 84.9 Å². The molecule has 5 heteroatoms. The Bertz CT molecular complexity index is 3780. The SMILES string of the molecule is [2H]c1nc(-n2c3ccccc3c3ccc(Oc4cccc(-n5[c-][n+](-c6c(-c7c([2H])c([2H])c([2H])c([2H])c7[2H])cccc6-c6c([2H])c([2H])c([2H])c([2H])c6[2H])c6ccccc65)c4)cc32)c([2H])c(C([2H])([2H])C(C)C)c1[2H]. The largest absolute Gasteiger partial charge is 0.458 e. The highest BCUT2D eigenvalue weighted by atomic mass is 16.5. The summed E-state index contributed by atoms with van der Waals surface area (Å²) >= 11 is 0. The van der Waals surface area contributed by atoms with Gasteiger partial charge in [-0.25, -0.2) is 4.98 Å². The summed E-state index contributed by atoms with van der Waals surface area (Å²) in [4.78, 5) is 4.39. The Labute approximate surface area is 353 Å². The molecule has 0 aliphatic rings. The third-order valence-corrected chi connectivity index (χ3v) is 9.54. The first-order chi connectivity index (χ1) is 34.2. The van der Waals surface area contributed by atoms with Crippen molar-refractivity contribution in [2.45, 2.75) is 20.2 Å². The summed E-state index contributed by atoms with van der Waals surface area (Å²) in [5.41, 5.74) is 2.61. The number of ether oxygens (including phenoxy) is 1. The van der Waals surface area contributed by atoms with Gasteiger partial charge >= 0.3 is 0 Å². The lowest BCUT2D eigenvalue weighted by molar-refractivity contribution is -0.571. The number of aromatic nitrogens is 4. The van der Waals surface area contributed by atoms with Crippen LogP contribution in [0.3, 0.4) is 0 Å². The van der Waals surface area contributed by atoms with Crippen LogP contribution in [0.25, 0.3) is 72.3 Å². The first-order valence-electron chi connectivity index (χ1n) is 25.8. The molecule has 3 heterocycles. The molecular formula is C52H40N4O. The molecule has 0 saturated heterocycles. The molecule has 0 unspecified atom stereocenters. The van der Waals surface area contributed by atoms with Gasteiger partial charge in [0, 0.05) is 25.8 Å². The Morgan fingerprint density at radius 3 is 2.11 bits per heavy atom. The minimum absolute atomic E-state index is 0.00734. The van der Waals surface area contributed by atoms with Crippen LogP contribution in [0.15, 0.2) is 188 Å². The Balaban J connectivity index is 1.15. The lowest BCUT2D eigenvalue weighted by Gasteiger charge is -2.17. The Kier molecular flexibility index (Phi) is 5.51. The number of nitrogens with zero attached hydrogens (tertiary/aromatic N) is 4. The second-order valence-electron chi connectivity index (χ2n) is 13.6. The van der Waals surface area contributed by atoms with Crippen LogP contribution in [0.1, 0.15) is 40.0 Å². The van der Waals surface area contributed by atoms with Crippen LogP contribution >= 0.6 is 0 Å². The number of rotatable bonds is 9. The van der Waals surface area contributed by atoms with E-state index in [4.69, 9.17) is 23.9 Å². The van der Waals surface area contributed by atoms with E-state index in [0.29, 0.717) is 39.3 Å². The maximum Gasteiger partial charge on any atom is 0.269 e. The summed E-state index contributed by atoms with van der Waals surface area (Å²) in [5, 5.41) is 1.58. The first kappa shape index (κ1) is 21.7. The molecule has 0 N–H and O–H groups in total. The zero-order valence-electron chi connectivity index (χ0n) is 45.7. The molecule has 5 nitrogen and oxygen atoms in total. The van der Waals surface area contributed by atoms with Crippen LogP contribution in [-0.4, -0.2) is 14.1 Å². The minimum atomic E-state index is -2.11. The van der Waals surface area contributed by atoms with Crippen molar-refractivity contribution >= 4 is 32.8 Å². The molecule has 10 rings (SSSR count). The van der Waals surface area contributed by atoms with Crippen molar-refractivity contribution in [3.8, 4) is 50.9 Å². The van der Waals surface area contributed by atoms with Crippen molar-refractivity contribution in [2.24, 2.45) is 5.92 Å². The van der Waals surface area contributed by atoms with Gasteiger partial charge in [-0.15, -0.1) is 0 Å². The molecule has 0 atom stereocenters. The number of hydrogen-bond acceptors (Lipinski definition) is 2. The molecule has 57 heavy (non-hydrogen) atoms.